The van der Waals surface area contributed by atoms with Crippen LogP contribution in [0.1, 0.15) is 53.4 Å². The Morgan fingerprint density at radius 1 is 1.14 bits per heavy atom. The van der Waals surface area contributed by atoms with Gasteiger partial charge in [-0.15, -0.1) is 9.24 Å². The van der Waals surface area contributed by atoms with Crippen LogP contribution in [0.4, 0.5) is 0 Å². The normalized spacial score (nSPS) is 34.1. The Morgan fingerprint density at radius 2 is 1.79 bits per heavy atom. The molecule has 0 spiro atoms. The summed E-state index contributed by atoms with van der Waals surface area (Å²) >= 11 is 0. The summed E-state index contributed by atoms with van der Waals surface area (Å²) in [4.78, 5) is 0. The highest BCUT2D eigenvalue weighted by Crippen LogP contribution is 2.39. The zero-order chi connectivity index (χ0) is 10.7. The Balaban J connectivity index is 2.39. The molecule has 0 aromatic carbocycles. The maximum Gasteiger partial charge on any atom is -0.0231 e. The zero-order valence-corrected chi connectivity index (χ0v) is 11.4. The molecule has 0 aromatic heterocycles. The average Bonchev–Trinajstić information content (AvgIpc) is 2.01. The fraction of sp³-hybridized carbons (Fsp3) is 1.00. The van der Waals surface area contributed by atoms with E-state index >= 15 is 0 Å². The van der Waals surface area contributed by atoms with Gasteiger partial charge in [0.15, 0.2) is 0 Å². The summed E-state index contributed by atoms with van der Waals surface area (Å²) in [6.45, 7) is 9.47. The first-order valence-corrected chi connectivity index (χ1v) is 6.93. The van der Waals surface area contributed by atoms with Crippen LogP contribution in [0.15, 0.2) is 0 Å². The first-order chi connectivity index (χ1) is 6.50. The molecule has 0 amide bonds. The van der Waals surface area contributed by atoms with E-state index in [1.165, 1.54) is 25.7 Å². The summed E-state index contributed by atoms with van der Waals surface area (Å²) in [5, 5.41) is 0. The standard InChI is InChI=1S/C13H27P/c1-9(2)7-11-5-6-12(10(3)4)13(14)8-11/h9-13H,5-8,14H2,1-4H3. The predicted molar refractivity (Wildman–Crippen MR) is 68.6 cm³/mol. The van der Waals surface area contributed by atoms with Gasteiger partial charge in [-0.3, -0.25) is 0 Å². The van der Waals surface area contributed by atoms with Crippen LogP contribution in [-0.4, -0.2) is 5.66 Å². The fourth-order valence-corrected chi connectivity index (χ4v) is 4.05. The van der Waals surface area contributed by atoms with Crippen molar-refractivity contribution >= 4 is 9.24 Å². The molecule has 4 unspecified atom stereocenters. The Bertz CT molecular complexity index is 163. The molecule has 1 saturated carbocycles. The van der Waals surface area contributed by atoms with Crippen molar-refractivity contribution in [3.05, 3.63) is 0 Å². The van der Waals surface area contributed by atoms with Crippen molar-refractivity contribution in [3.63, 3.8) is 0 Å². The van der Waals surface area contributed by atoms with Crippen LogP contribution in [0.3, 0.4) is 0 Å². The van der Waals surface area contributed by atoms with Crippen LogP contribution in [0, 0.1) is 23.7 Å². The van der Waals surface area contributed by atoms with Crippen molar-refractivity contribution in [2.45, 2.75) is 59.0 Å². The van der Waals surface area contributed by atoms with Crippen LogP contribution < -0.4 is 0 Å². The maximum absolute atomic E-state index is 3.10. The SMILES string of the molecule is CC(C)CC1CCC(C(C)C)C(P)C1. The molecule has 0 aliphatic heterocycles. The average molecular weight is 214 g/mol. The highest BCUT2D eigenvalue weighted by molar-refractivity contribution is 7.17. The first kappa shape index (κ1) is 12.5. The van der Waals surface area contributed by atoms with Gasteiger partial charge in [-0.05, 0) is 48.6 Å². The molecule has 1 aliphatic rings. The monoisotopic (exact) mass is 214 g/mol. The summed E-state index contributed by atoms with van der Waals surface area (Å²) in [6, 6.07) is 0. The van der Waals surface area contributed by atoms with E-state index in [9.17, 15) is 0 Å². The van der Waals surface area contributed by atoms with Crippen molar-refractivity contribution in [1.29, 1.82) is 0 Å². The van der Waals surface area contributed by atoms with E-state index in [-0.39, 0.29) is 0 Å². The summed E-state index contributed by atoms with van der Waals surface area (Å²) in [6.07, 6.45) is 5.83. The molecule has 1 aliphatic carbocycles. The van der Waals surface area contributed by atoms with Gasteiger partial charge in [-0.25, -0.2) is 0 Å². The zero-order valence-electron chi connectivity index (χ0n) is 10.3. The van der Waals surface area contributed by atoms with Crippen LogP contribution in [0.2, 0.25) is 0 Å². The fourth-order valence-electron chi connectivity index (χ4n) is 3.03. The molecule has 0 N–H and O–H groups in total. The minimum Gasteiger partial charge on any atom is -0.134 e. The first-order valence-electron chi connectivity index (χ1n) is 6.26. The number of hydrogen-bond donors (Lipinski definition) is 0. The lowest BCUT2D eigenvalue weighted by Gasteiger charge is -2.37. The second kappa shape index (κ2) is 5.50. The van der Waals surface area contributed by atoms with Gasteiger partial charge in [0.1, 0.15) is 0 Å². The van der Waals surface area contributed by atoms with Crippen molar-refractivity contribution in [2.24, 2.45) is 23.7 Å². The molecule has 1 rings (SSSR count). The molecule has 0 saturated heterocycles. The van der Waals surface area contributed by atoms with E-state index in [2.05, 4.69) is 36.9 Å². The molecular weight excluding hydrogens is 187 g/mol. The van der Waals surface area contributed by atoms with Crippen molar-refractivity contribution in [3.8, 4) is 0 Å². The topological polar surface area (TPSA) is 0 Å². The summed E-state index contributed by atoms with van der Waals surface area (Å²) in [7, 11) is 3.10. The van der Waals surface area contributed by atoms with Crippen LogP contribution in [0.5, 0.6) is 0 Å². The second-order valence-electron chi connectivity index (χ2n) is 5.88. The lowest BCUT2D eigenvalue weighted by atomic mass is 9.74. The Labute approximate surface area is 92.4 Å². The van der Waals surface area contributed by atoms with Gasteiger partial charge in [0.05, 0.1) is 0 Å². The molecule has 0 radical (unpaired) electrons. The maximum atomic E-state index is 3.10. The molecule has 14 heavy (non-hydrogen) atoms. The van der Waals surface area contributed by atoms with Gasteiger partial charge in [-0.2, -0.15) is 0 Å². The van der Waals surface area contributed by atoms with Gasteiger partial charge in [0.2, 0.25) is 0 Å². The summed E-state index contributed by atoms with van der Waals surface area (Å²) in [5.74, 6) is 3.72. The van der Waals surface area contributed by atoms with Gasteiger partial charge in [-0.1, -0.05) is 34.1 Å². The molecule has 0 aromatic rings. The molecule has 1 fully saturated rings. The van der Waals surface area contributed by atoms with Gasteiger partial charge in [0.25, 0.3) is 0 Å². The Kier molecular flexibility index (Phi) is 4.91. The van der Waals surface area contributed by atoms with Crippen molar-refractivity contribution < 1.29 is 0 Å². The highest BCUT2D eigenvalue weighted by atomic mass is 31.0. The van der Waals surface area contributed by atoms with E-state index in [1.807, 2.05) is 0 Å². The van der Waals surface area contributed by atoms with E-state index in [4.69, 9.17) is 0 Å². The van der Waals surface area contributed by atoms with E-state index in [0.717, 1.165) is 29.3 Å². The Morgan fingerprint density at radius 3 is 2.21 bits per heavy atom. The lowest BCUT2D eigenvalue weighted by Crippen LogP contribution is -2.29. The number of hydrogen-bond acceptors (Lipinski definition) is 0. The molecule has 0 nitrogen and oxygen atoms in total. The quantitative estimate of drug-likeness (QED) is 0.613. The van der Waals surface area contributed by atoms with Gasteiger partial charge in [0, 0.05) is 0 Å². The van der Waals surface area contributed by atoms with Crippen molar-refractivity contribution in [2.75, 3.05) is 0 Å². The van der Waals surface area contributed by atoms with Crippen molar-refractivity contribution in [1.82, 2.24) is 0 Å². The molecule has 0 heterocycles. The van der Waals surface area contributed by atoms with E-state index < -0.39 is 0 Å². The largest absolute Gasteiger partial charge is 0.134 e. The number of rotatable bonds is 3. The molecule has 4 atom stereocenters. The summed E-state index contributed by atoms with van der Waals surface area (Å²) < 4.78 is 0. The third-order valence-corrected chi connectivity index (χ3v) is 4.49. The summed E-state index contributed by atoms with van der Waals surface area (Å²) in [5.41, 5.74) is 0.882. The van der Waals surface area contributed by atoms with Gasteiger partial charge >= 0.3 is 0 Å². The van der Waals surface area contributed by atoms with Crippen LogP contribution in [0.25, 0.3) is 0 Å². The third kappa shape index (κ3) is 3.54. The second-order valence-corrected chi connectivity index (χ2v) is 6.74. The van der Waals surface area contributed by atoms with E-state index in [1.54, 1.807) is 0 Å². The lowest BCUT2D eigenvalue weighted by molar-refractivity contribution is 0.213. The van der Waals surface area contributed by atoms with E-state index in [0.29, 0.717) is 0 Å². The van der Waals surface area contributed by atoms with Crippen LogP contribution >= 0.6 is 9.24 Å². The smallest absolute Gasteiger partial charge is 0.0231 e. The minimum absolute atomic E-state index is 0.873. The highest BCUT2D eigenvalue weighted by Gasteiger charge is 2.29. The molecule has 84 valence electrons. The molecule has 0 bridgehead atoms. The van der Waals surface area contributed by atoms with Gasteiger partial charge < -0.3 is 0 Å². The van der Waals surface area contributed by atoms with Crippen LogP contribution in [-0.2, 0) is 0 Å². The third-order valence-electron chi connectivity index (χ3n) is 3.72. The Hall–Kier alpha value is 0.430. The minimum atomic E-state index is 0.873. The molecule has 1 heteroatoms. The predicted octanol–water partition coefficient (Wildman–Crippen LogP) is 4.35. The molecular formula is C13H27P.